The van der Waals surface area contributed by atoms with Gasteiger partial charge in [0.25, 0.3) is 10.2 Å². The van der Waals surface area contributed by atoms with E-state index in [1.54, 1.807) is 18.7 Å². The summed E-state index contributed by atoms with van der Waals surface area (Å²) in [6.07, 6.45) is 1.47. The van der Waals surface area contributed by atoms with Crippen molar-refractivity contribution in [3.05, 3.63) is 72.4 Å². The van der Waals surface area contributed by atoms with Crippen molar-refractivity contribution in [1.29, 1.82) is 0 Å². The zero-order chi connectivity index (χ0) is 24.1. The molecule has 1 aliphatic rings. The second-order valence-electron chi connectivity index (χ2n) is 8.00. The summed E-state index contributed by atoms with van der Waals surface area (Å²) < 4.78 is 36.2. The molecular formula is C24H29N5O4S. The Morgan fingerprint density at radius 3 is 2.24 bits per heavy atom. The maximum Gasteiger partial charge on any atom is 0.409 e. The number of amides is 1. The molecule has 2 heterocycles. The lowest BCUT2D eigenvalue weighted by molar-refractivity contribution is 0.0925. The molecule has 3 aromatic rings. The molecule has 0 saturated carbocycles. The highest BCUT2D eigenvalue weighted by Gasteiger charge is 2.32. The van der Waals surface area contributed by atoms with Crippen molar-refractivity contribution in [2.45, 2.75) is 13.5 Å². The smallest absolute Gasteiger partial charge is 0.409 e. The van der Waals surface area contributed by atoms with Crippen LogP contribution >= 0.6 is 0 Å². The largest absolute Gasteiger partial charge is 0.450 e. The molecule has 0 bridgehead atoms. The van der Waals surface area contributed by atoms with Crippen LogP contribution in [0.3, 0.4) is 0 Å². The summed E-state index contributed by atoms with van der Waals surface area (Å²) in [7, 11) is -2.15. The lowest BCUT2D eigenvalue weighted by atomic mass is 10.1. The molecule has 0 spiro atoms. The number of nitrogens with zero attached hydrogens (tertiary/aromatic N) is 5. The number of ether oxygens (including phenoxy) is 1. The van der Waals surface area contributed by atoms with E-state index in [9.17, 15) is 13.2 Å². The molecule has 34 heavy (non-hydrogen) atoms. The van der Waals surface area contributed by atoms with E-state index in [-0.39, 0.29) is 19.6 Å². The third-order valence-corrected chi connectivity index (χ3v) is 7.67. The summed E-state index contributed by atoms with van der Waals surface area (Å²) in [5, 5.41) is 4.77. The number of carbonyl (C=O) groups is 1. The second-order valence-corrected chi connectivity index (χ2v) is 10.0. The van der Waals surface area contributed by atoms with Gasteiger partial charge in [0, 0.05) is 57.1 Å². The van der Waals surface area contributed by atoms with Gasteiger partial charge in [-0.15, -0.1) is 0 Å². The molecule has 1 aliphatic heterocycles. The molecule has 1 fully saturated rings. The molecule has 0 atom stereocenters. The van der Waals surface area contributed by atoms with Gasteiger partial charge in [-0.3, -0.25) is 0 Å². The lowest BCUT2D eigenvalue weighted by Gasteiger charge is -2.35. The van der Waals surface area contributed by atoms with Crippen LogP contribution in [-0.2, 0) is 21.5 Å². The lowest BCUT2D eigenvalue weighted by Crippen LogP contribution is -2.53. The summed E-state index contributed by atoms with van der Waals surface area (Å²) >= 11 is 0. The Bertz CT molecular complexity index is 1210. The first-order valence-electron chi connectivity index (χ1n) is 11.2. The van der Waals surface area contributed by atoms with Crippen LogP contribution in [0.1, 0.15) is 12.5 Å². The second kappa shape index (κ2) is 10.4. The van der Waals surface area contributed by atoms with Gasteiger partial charge in [-0.2, -0.15) is 22.1 Å². The van der Waals surface area contributed by atoms with E-state index in [1.165, 1.54) is 13.5 Å². The molecule has 0 unspecified atom stereocenters. The van der Waals surface area contributed by atoms with E-state index in [0.717, 1.165) is 22.5 Å². The SMILES string of the molecule is CCOC(=O)N1CCN(S(=O)(=O)N(C)Cc2cn(-c3ccccc3)nc2-c2ccccc2)CC1. The Balaban J connectivity index is 1.54. The van der Waals surface area contributed by atoms with Crippen LogP contribution in [0.4, 0.5) is 4.79 Å². The average molecular weight is 484 g/mol. The molecule has 1 amide bonds. The van der Waals surface area contributed by atoms with Gasteiger partial charge in [0.1, 0.15) is 0 Å². The van der Waals surface area contributed by atoms with Crippen molar-refractivity contribution in [2.24, 2.45) is 0 Å². The fourth-order valence-corrected chi connectivity index (χ4v) is 5.23. The molecular weight excluding hydrogens is 454 g/mol. The van der Waals surface area contributed by atoms with Gasteiger partial charge in [0.15, 0.2) is 0 Å². The molecule has 0 N–H and O–H groups in total. The van der Waals surface area contributed by atoms with Crippen LogP contribution in [0.25, 0.3) is 16.9 Å². The van der Waals surface area contributed by atoms with Crippen molar-refractivity contribution in [3.8, 4) is 16.9 Å². The van der Waals surface area contributed by atoms with E-state index >= 15 is 0 Å². The number of hydrogen-bond donors (Lipinski definition) is 0. The first-order valence-corrected chi connectivity index (χ1v) is 12.6. The summed E-state index contributed by atoms with van der Waals surface area (Å²) in [5.41, 5.74) is 3.34. The molecule has 1 saturated heterocycles. The third kappa shape index (κ3) is 5.14. The Morgan fingerprint density at radius 1 is 1.00 bits per heavy atom. The number of aromatic nitrogens is 2. The van der Waals surface area contributed by atoms with Crippen LogP contribution < -0.4 is 0 Å². The van der Waals surface area contributed by atoms with Crippen molar-refractivity contribution in [2.75, 3.05) is 39.8 Å². The maximum absolute atomic E-state index is 13.3. The molecule has 1 aromatic heterocycles. The van der Waals surface area contributed by atoms with Gasteiger partial charge in [-0.25, -0.2) is 9.48 Å². The average Bonchev–Trinajstić information content (AvgIpc) is 3.29. The summed E-state index contributed by atoms with van der Waals surface area (Å²) in [5.74, 6) is 0. The predicted octanol–water partition coefficient (Wildman–Crippen LogP) is 2.99. The Hall–Kier alpha value is -3.21. The van der Waals surface area contributed by atoms with Crippen molar-refractivity contribution in [3.63, 3.8) is 0 Å². The highest BCUT2D eigenvalue weighted by molar-refractivity contribution is 7.86. The van der Waals surface area contributed by atoms with Crippen molar-refractivity contribution < 1.29 is 17.9 Å². The molecule has 0 aliphatic carbocycles. The van der Waals surface area contributed by atoms with Gasteiger partial charge in [-0.1, -0.05) is 48.5 Å². The molecule has 10 heteroatoms. The minimum Gasteiger partial charge on any atom is -0.450 e. The van der Waals surface area contributed by atoms with E-state index in [2.05, 4.69) is 0 Å². The monoisotopic (exact) mass is 483 g/mol. The topological polar surface area (TPSA) is 88.0 Å². The van der Waals surface area contributed by atoms with Crippen molar-refractivity contribution in [1.82, 2.24) is 23.3 Å². The quantitative estimate of drug-likeness (QED) is 0.516. The normalized spacial score (nSPS) is 15.0. The first-order chi connectivity index (χ1) is 16.4. The zero-order valence-electron chi connectivity index (χ0n) is 19.4. The maximum atomic E-state index is 13.3. The van der Waals surface area contributed by atoms with Crippen LogP contribution in [0, 0.1) is 0 Å². The molecule has 9 nitrogen and oxygen atoms in total. The Kier molecular flexibility index (Phi) is 7.30. The van der Waals surface area contributed by atoms with Gasteiger partial charge in [0.05, 0.1) is 18.0 Å². The van der Waals surface area contributed by atoms with Gasteiger partial charge in [0.2, 0.25) is 0 Å². The van der Waals surface area contributed by atoms with Crippen LogP contribution in [0.15, 0.2) is 66.9 Å². The van der Waals surface area contributed by atoms with Crippen LogP contribution in [-0.4, -0.2) is 77.6 Å². The minimum atomic E-state index is -3.73. The zero-order valence-corrected chi connectivity index (χ0v) is 20.2. The fourth-order valence-electron chi connectivity index (χ4n) is 3.91. The van der Waals surface area contributed by atoms with Gasteiger partial charge >= 0.3 is 6.09 Å². The number of benzene rings is 2. The highest BCUT2D eigenvalue weighted by Crippen LogP contribution is 2.26. The number of carbonyl (C=O) groups excluding carboxylic acids is 1. The van der Waals surface area contributed by atoms with E-state index in [1.807, 2.05) is 66.9 Å². The highest BCUT2D eigenvalue weighted by atomic mass is 32.2. The van der Waals surface area contributed by atoms with E-state index in [4.69, 9.17) is 9.84 Å². The number of rotatable bonds is 7. The molecule has 0 radical (unpaired) electrons. The van der Waals surface area contributed by atoms with Crippen LogP contribution in [0.5, 0.6) is 0 Å². The Morgan fingerprint density at radius 2 is 1.62 bits per heavy atom. The van der Waals surface area contributed by atoms with Crippen molar-refractivity contribution >= 4 is 16.3 Å². The number of hydrogen-bond acceptors (Lipinski definition) is 5. The van der Waals surface area contributed by atoms with E-state index in [0.29, 0.717) is 19.7 Å². The summed E-state index contributed by atoms with van der Waals surface area (Å²) in [6, 6.07) is 19.4. The molecule has 2 aromatic carbocycles. The van der Waals surface area contributed by atoms with Gasteiger partial charge in [-0.05, 0) is 19.1 Å². The van der Waals surface area contributed by atoms with E-state index < -0.39 is 16.3 Å². The molecule has 180 valence electrons. The third-order valence-electron chi connectivity index (χ3n) is 5.74. The standard InChI is InChI=1S/C24H29N5O4S/c1-3-33-24(30)27-14-16-28(17-15-27)34(31,32)26(2)18-21-19-29(22-12-8-5-9-13-22)25-23(21)20-10-6-4-7-11-20/h4-13,19H,3,14-18H2,1-2H3. The summed E-state index contributed by atoms with van der Waals surface area (Å²) in [6.45, 7) is 3.25. The predicted molar refractivity (Wildman–Crippen MR) is 130 cm³/mol. The fraction of sp³-hybridized carbons (Fsp3) is 0.333. The number of piperazine rings is 1. The minimum absolute atomic E-state index is 0.164. The van der Waals surface area contributed by atoms with Crippen LogP contribution in [0.2, 0.25) is 0 Å². The molecule has 4 rings (SSSR count). The first kappa shape index (κ1) is 23.9. The number of para-hydroxylation sites is 1. The van der Waals surface area contributed by atoms with Gasteiger partial charge < -0.3 is 9.64 Å². The Labute approximate surface area is 200 Å². The summed E-state index contributed by atoms with van der Waals surface area (Å²) in [4.78, 5) is 13.5.